The summed E-state index contributed by atoms with van der Waals surface area (Å²) >= 11 is 8.97. The van der Waals surface area contributed by atoms with Gasteiger partial charge in [0.2, 0.25) is 0 Å². The van der Waals surface area contributed by atoms with Crippen LogP contribution in [0.4, 0.5) is 0 Å². The quantitative estimate of drug-likeness (QED) is 0.406. The van der Waals surface area contributed by atoms with E-state index in [1.54, 1.807) is 30.3 Å². The molecule has 0 aliphatic carbocycles. The molecule has 1 aromatic rings. The molecule has 0 heterocycles. The molecule has 0 saturated heterocycles. The van der Waals surface area contributed by atoms with Crippen LogP contribution in [-0.4, -0.2) is 5.90 Å². The van der Waals surface area contributed by atoms with Crippen molar-refractivity contribution >= 4 is 41.7 Å². The van der Waals surface area contributed by atoms with E-state index in [9.17, 15) is 14.7 Å². The van der Waals surface area contributed by atoms with Crippen LogP contribution >= 0.6 is 12.8 Å². The molecule has 1 unspecified atom stereocenters. The van der Waals surface area contributed by atoms with E-state index in [1.807, 2.05) is 0 Å². The Labute approximate surface area is 178 Å². The molecular formula is C7H7Na3O3P2S2. The van der Waals surface area contributed by atoms with Crippen molar-refractivity contribution in [3.8, 4) is 0 Å². The summed E-state index contributed by atoms with van der Waals surface area (Å²) in [4.78, 5) is 33.5. The number of benzene rings is 1. The fraction of sp³-hybridized carbons (Fsp3) is 0.143. The van der Waals surface area contributed by atoms with E-state index in [0.717, 1.165) is 0 Å². The molecule has 0 radical (unpaired) electrons. The van der Waals surface area contributed by atoms with Gasteiger partial charge < -0.3 is 14.7 Å². The summed E-state index contributed by atoms with van der Waals surface area (Å²) in [5.74, 6) is -0.602. The molecule has 0 aliphatic rings. The first-order valence-corrected chi connectivity index (χ1v) is 9.41. The number of hydrogen-bond donors (Lipinski definition) is 0. The van der Waals surface area contributed by atoms with Gasteiger partial charge in [-0.2, -0.15) is 0 Å². The van der Waals surface area contributed by atoms with Crippen molar-refractivity contribution in [1.82, 2.24) is 0 Å². The molecule has 0 fully saturated rings. The Morgan fingerprint density at radius 1 is 0.882 bits per heavy atom. The molecule has 0 spiro atoms. The van der Waals surface area contributed by atoms with E-state index in [4.69, 9.17) is 11.8 Å². The summed E-state index contributed by atoms with van der Waals surface area (Å²) in [5, 5.41) is 0.371. The first-order chi connectivity index (χ1) is 6.31. The molecule has 17 heavy (non-hydrogen) atoms. The summed E-state index contributed by atoms with van der Waals surface area (Å²) < 4.78 is 0. The molecule has 0 aromatic heterocycles. The summed E-state index contributed by atoms with van der Waals surface area (Å²) in [6, 6.07) is 8.17. The van der Waals surface area contributed by atoms with E-state index in [1.165, 1.54) is 0 Å². The predicted molar refractivity (Wildman–Crippen MR) is 59.5 cm³/mol. The van der Waals surface area contributed by atoms with Gasteiger partial charge in [0.15, 0.2) is 0 Å². The van der Waals surface area contributed by atoms with Gasteiger partial charge in [-0.15, -0.1) is 23.6 Å². The summed E-state index contributed by atoms with van der Waals surface area (Å²) in [6.07, 6.45) is -3.26. The second-order valence-corrected chi connectivity index (χ2v) is 10.4. The molecule has 0 amide bonds. The minimum atomic E-state index is -3.99. The van der Waals surface area contributed by atoms with Crippen LogP contribution in [0, 0.1) is 0 Å². The van der Waals surface area contributed by atoms with Gasteiger partial charge in [-0.05, 0) is 11.2 Å². The third-order valence-electron chi connectivity index (χ3n) is 1.51. The molecule has 1 atom stereocenters. The average molecular weight is 334 g/mol. The minimum absolute atomic E-state index is 0. The van der Waals surface area contributed by atoms with Crippen LogP contribution < -0.4 is 109 Å². The molecule has 78 valence electrons. The minimum Gasteiger partial charge on any atom is -0.832 e. The SMILES string of the molecule is [Na+].[Na+].[Na+].[O-]P([O-])(=S)CP([O-])(=S)c1ccccc1. The standard InChI is InChI=1S/C7H10O3P2S2.3Na/c8-11(13,6-12(9,10)14)7-4-2-1-3-5-7;;;/h1-5H,6H2,(H,8,13)(H2,9,10,14);;;/q;3*+1/p-3. The normalized spacial score (nSPS) is 13.4. The molecular weight excluding hydrogens is 327 g/mol. The Hall–Kier alpha value is 3.40. The first-order valence-electron chi connectivity index (χ1n) is 3.68. The van der Waals surface area contributed by atoms with Crippen molar-refractivity contribution in [2.24, 2.45) is 0 Å². The Morgan fingerprint density at radius 2 is 1.29 bits per heavy atom. The van der Waals surface area contributed by atoms with Crippen LogP contribution in [0.15, 0.2) is 30.3 Å². The van der Waals surface area contributed by atoms with Crippen molar-refractivity contribution in [1.29, 1.82) is 0 Å². The summed E-state index contributed by atoms with van der Waals surface area (Å²) in [5.41, 5.74) is 0. The molecule has 0 aliphatic heterocycles. The molecule has 0 N–H and O–H groups in total. The fourth-order valence-corrected chi connectivity index (χ4v) is 7.92. The summed E-state index contributed by atoms with van der Waals surface area (Å²) in [7, 11) is 0. The van der Waals surface area contributed by atoms with Gasteiger partial charge in [-0.1, -0.05) is 36.6 Å². The molecule has 1 rings (SSSR count). The number of rotatable bonds is 3. The first kappa shape index (κ1) is 25.4. The van der Waals surface area contributed by atoms with E-state index >= 15 is 0 Å². The Kier molecular flexibility index (Phi) is 16.5. The zero-order valence-electron chi connectivity index (χ0n) is 10.0. The predicted octanol–water partition coefficient (Wildman–Crippen LogP) is -9.93. The van der Waals surface area contributed by atoms with Crippen molar-refractivity contribution in [2.45, 2.75) is 0 Å². The van der Waals surface area contributed by atoms with Gasteiger partial charge in [-0.3, -0.25) is 0 Å². The van der Waals surface area contributed by atoms with Crippen LogP contribution in [0.1, 0.15) is 0 Å². The monoisotopic (exact) mass is 334 g/mol. The van der Waals surface area contributed by atoms with Crippen molar-refractivity contribution in [2.75, 3.05) is 5.90 Å². The fourth-order valence-electron chi connectivity index (χ4n) is 0.965. The maximum atomic E-state index is 11.8. The zero-order valence-corrected chi connectivity index (χ0v) is 19.5. The van der Waals surface area contributed by atoms with Gasteiger partial charge in [0.05, 0.1) is 0 Å². The Balaban J connectivity index is -0.000000653. The molecule has 0 bridgehead atoms. The molecule has 10 heteroatoms. The largest absolute Gasteiger partial charge is 1.00 e. The van der Waals surface area contributed by atoms with Crippen molar-refractivity contribution in [3.05, 3.63) is 30.3 Å². The maximum absolute atomic E-state index is 11.8. The average Bonchev–Trinajstić information content (AvgIpc) is 2.01. The van der Waals surface area contributed by atoms with E-state index in [0.29, 0.717) is 5.30 Å². The van der Waals surface area contributed by atoms with Gasteiger partial charge >= 0.3 is 88.7 Å². The van der Waals surface area contributed by atoms with E-state index in [2.05, 4.69) is 11.8 Å². The zero-order chi connectivity index (χ0) is 10.8. The van der Waals surface area contributed by atoms with Gasteiger partial charge in [-0.25, -0.2) is 6.49 Å². The Morgan fingerprint density at radius 3 is 1.65 bits per heavy atom. The Bertz CT molecular complexity index is 412. The summed E-state index contributed by atoms with van der Waals surface area (Å²) in [6.45, 7) is -3.99. The van der Waals surface area contributed by atoms with Crippen LogP contribution in [-0.2, 0) is 23.6 Å². The molecule has 3 nitrogen and oxygen atoms in total. The van der Waals surface area contributed by atoms with Gasteiger partial charge in [0, 0.05) is 0 Å². The number of hydrogen-bond acceptors (Lipinski definition) is 5. The molecule has 1 aromatic carbocycles. The van der Waals surface area contributed by atoms with Crippen LogP contribution in [0.25, 0.3) is 0 Å². The smallest absolute Gasteiger partial charge is 0.832 e. The second kappa shape index (κ2) is 11.0. The topological polar surface area (TPSA) is 69.2 Å². The van der Waals surface area contributed by atoms with E-state index < -0.39 is 18.7 Å². The molecule has 0 saturated carbocycles. The van der Waals surface area contributed by atoms with Crippen LogP contribution in [0.2, 0.25) is 0 Å². The van der Waals surface area contributed by atoms with E-state index in [-0.39, 0.29) is 88.7 Å². The third-order valence-corrected chi connectivity index (χ3v) is 8.18. The van der Waals surface area contributed by atoms with Crippen molar-refractivity contribution in [3.63, 3.8) is 0 Å². The van der Waals surface area contributed by atoms with Gasteiger partial charge in [0.25, 0.3) is 0 Å². The third kappa shape index (κ3) is 10.7. The van der Waals surface area contributed by atoms with Crippen molar-refractivity contribution < 1.29 is 103 Å². The van der Waals surface area contributed by atoms with Crippen LogP contribution in [0.3, 0.4) is 0 Å². The van der Waals surface area contributed by atoms with Gasteiger partial charge in [0.1, 0.15) is 0 Å². The second-order valence-electron chi connectivity index (χ2n) is 2.76. The van der Waals surface area contributed by atoms with Crippen LogP contribution in [0.5, 0.6) is 0 Å². The maximum Gasteiger partial charge on any atom is 1.00 e.